The number of hydrogen-bond acceptors (Lipinski definition) is 5. The van der Waals surface area contributed by atoms with Gasteiger partial charge in [-0.15, -0.1) is 10.3 Å². The maximum absolute atomic E-state index is 12.6. The van der Waals surface area contributed by atoms with Gasteiger partial charge in [0.2, 0.25) is 0 Å². The van der Waals surface area contributed by atoms with E-state index >= 15 is 0 Å². The number of ketones is 1. The predicted molar refractivity (Wildman–Crippen MR) is 89.3 cm³/mol. The molecule has 0 atom stereocenters. The molecule has 1 rings (SSSR count). The van der Waals surface area contributed by atoms with Gasteiger partial charge < -0.3 is 0 Å². The van der Waals surface area contributed by atoms with Crippen molar-refractivity contribution in [1.29, 1.82) is 0 Å². The van der Waals surface area contributed by atoms with Crippen molar-refractivity contribution in [2.24, 2.45) is 0 Å². The van der Waals surface area contributed by atoms with E-state index in [2.05, 4.69) is 3.63 Å². The second-order valence-corrected chi connectivity index (χ2v) is 11.6. The predicted octanol–water partition coefficient (Wildman–Crippen LogP) is 3.86. The molecule has 23 heavy (non-hydrogen) atoms. The second kappa shape index (κ2) is 8.96. The van der Waals surface area contributed by atoms with Gasteiger partial charge in [0, 0.05) is 29.4 Å². The van der Waals surface area contributed by atoms with Crippen LogP contribution in [0.1, 0.15) is 39.0 Å². The number of rotatable bonds is 9. The first-order chi connectivity index (χ1) is 10.6. The summed E-state index contributed by atoms with van der Waals surface area (Å²) in [5.41, 5.74) is -5.44. The molecule has 0 amide bonds. The topological polar surface area (TPSA) is 60.4 Å². The third-order valence-corrected chi connectivity index (χ3v) is 10.1. The molecule has 0 aromatic heterocycles. The molecule has 1 aliphatic rings. The zero-order valence-electron chi connectivity index (χ0n) is 13.1. The van der Waals surface area contributed by atoms with E-state index in [-0.39, 0.29) is 29.5 Å². The number of carbonyl (C=O) groups excluding carboxylic acids is 1. The van der Waals surface area contributed by atoms with Crippen LogP contribution in [0.2, 0.25) is 0 Å². The van der Waals surface area contributed by atoms with Crippen LogP contribution in [0.3, 0.4) is 0 Å². The molecular weight excluding hydrogens is 373 g/mol. The van der Waals surface area contributed by atoms with E-state index < -0.39 is 25.9 Å². The third kappa shape index (κ3) is 6.83. The van der Waals surface area contributed by atoms with Crippen molar-refractivity contribution in [2.75, 3.05) is 28.8 Å². The lowest BCUT2D eigenvalue weighted by molar-refractivity contribution is -0.116. The summed E-state index contributed by atoms with van der Waals surface area (Å²) in [7, 11) is -8.21. The van der Waals surface area contributed by atoms with Gasteiger partial charge in [0.25, 0.3) is 0 Å². The van der Waals surface area contributed by atoms with Gasteiger partial charge in [-0.1, -0.05) is 26.2 Å². The van der Waals surface area contributed by atoms with Crippen LogP contribution >= 0.6 is 22.1 Å². The van der Waals surface area contributed by atoms with Crippen LogP contribution in [0.25, 0.3) is 0 Å². The molecule has 0 spiro atoms. The summed E-state index contributed by atoms with van der Waals surface area (Å²) in [6.45, 7) is 2.04. The van der Waals surface area contributed by atoms with Crippen LogP contribution in [0.4, 0.5) is 13.2 Å². The molecule has 1 saturated heterocycles. The maximum Gasteiger partial charge on any atom is 0.523 e. The normalized spacial score (nSPS) is 20.2. The molecule has 0 unspecified atom stereocenters. The first-order valence-electron chi connectivity index (χ1n) is 7.50. The van der Waals surface area contributed by atoms with E-state index in [1.807, 2.05) is 6.92 Å². The highest BCUT2D eigenvalue weighted by Crippen LogP contribution is 2.55. The van der Waals surface area contributed by atoms with E-state index in [0.29, 0.717) is 17.9 Å². The zero-order valence-corrected chi connectivity index (χ0v) is 15.5. The molecule has 138 valence electrons. The molecule has 4 nitrogen and oxygen atoms in total. The first kappa shape index (κ1) is 21.1. The fraction of sp³-hybridized carbons (Fsp3) is 0.923. The number of alkyl halides is 3. The zero-order chi connectivity index (χ0) is 17.6. The average Bonchev–Trinajstić information content (AvgIpc) is 2.42. The molecule has 0 aromatic rings. The van der Waals surface area contributed by atoms with Crippen molar-refractivity contribution in [3.05, 3.63) is 0 Å². The van der Waals surface area contributed by atoms with E-state index in [1.165, 1.54) is 11.8 Å². The lowest BCUT2D eigenvalue weighted by atomic mass is 10.1. The minimum absolute atomic E-state index is 0.186. The van der Waals surface area contributed by atoms with Crippen LogP contribution < -0.4 is 0 Å². The minimum atomic E-state index is -5.65. The lowest BCUT2D eigenvalue weighted by Crippen LogP contribution is -2.34. The molecule has 0 aliphatic carbocycles. The molecule has 1 fully saturated rings. The van der Waals surface area contributed by atoms with Crippen LogP contribution in [0.15, 0.2) is 0 Å². The largest absolute Gasteiger partial charge is 0.523 e. The van der Waals surface area contributed by atoms with Gasteiger partial charge in [-0.25, -0.2) is 3.63 Å². The standard InChI is InChI=1S/C13H23F3O4S3/c1-2-3-4-5-6-12(17)11-22(9-7-21-8-10-22)20-23(18,19)13(14,15)16/h2-11H2,1H3. The van der Waals surface area contributed by atoms with Gasteiger partial charge in [0.15, 0.2) is 0 Å². The molecule has 0 radical (unpaired) electrons. The molecular formula is C13H23F3O4S3. The van der Waals surface area contributed by atoms with Crippen molar-refractivity contribution in [3.8, 4) is 0 Å². The Morgan fingerprint density at radius 2 is 1.78 bits per heavy atom. The molecule has 1 heterocycles. The van der Waals surface area contributed by atoms with Crippen LogP contribution in [0, 0.1) is 0 Å². The number of hydrogen-bond donors (Lipinski definition) is 0. The highest BCUT2D eigenvalue weighted by Gasteiger charge is 2.51. The van der Waals surface area contributed by atoms with Gasteiger partial charge in [-0.3, -0.25) is 4.79 Å². The van der Waals surface area contributed by atoms with E-state index in [1.54, 1.807) is 0 Å². The average molecular weight is 397 g/mol. The van der Waals surface area contributed by atoms with Gasteiger partial charge in [0.05, 0.1) is 5.75 Å². The van der Waals surface area contributed by atoms with E-state index in [4.69, 9.17) is 0 Å². The van der Waals surface area contributed by atoms with Gasteiger partial charge in [-0.05, 0) is 6.42 Å². The molecule has 0 saturated carbocycles. The Bertz CT molecular complexity index is 485. The highest BCUT2D eigenvalue weighted by molar-refractivity contribution is 8.34. The van der Waals surface area contributed by atoms with Crippen molar-refractivity contribution in [3.63, 3.8) is 0 Å². The van der Waals surface area contributed by atoms with Crippen molar-refractivity contribution in [2.45, 2.75) is 44.5 Å². The highest BCUT2D eigenvalue weighted by atomic mass is 32.3. The summed E-state index contributed by atoms with van der Waals surface area (Å²) in [5, 5.41) is 0. The van der Waals surface area contributed by atoms with E-state index in [9.17, 15) is 26.4 Å². The molecule has 0 aromatic carbocycles. The van der Waals surface area contributed by atoms with Crippen LogP contribution in [-0.4, -0.2) is 48.5 Å². The second-order valence-electron chi connectivity index (χ2n) is 5.45. The fourth-order valence-electron chi connectivity index (χ4n) is 2.21. The third-order valence-electron chi connectivity index (χ3n) is 3.45. The molecule has 1 aliphatic heterocycles. The van der Waals surface area contributed by atoms with Crippen LogP contribution in [-0.2, 0) is 18.5 Å². The Kier molecular flexibility index (Phi) is 8.22. The van der Waals surface area contributed by atoms with Crippen molar-refractivity contribution >= 4 is 38.0 Å². The number of unbranched alkanes of at least 4 members (excludes halogenated alkanes) is 3. The van der Waals surface area contributed by atoms with Gasteiger partial charge >= 0.3 is 15.6 Å². The molecule has 0 bridgehead atoms. The van der Waals surface area contributed by atoms with Crippen LogP contribution in [0.5, 0.6) is 0 Å². The number of carbonyl (C=O) groups is 1. The SMILES string of the molecule is CCCCCCC(=O)CS1(OS(=O)(=O)C(F)(F)F)CCSCC1. The van der Waals surface area contributed by atoms with Crippen molar-refractivity contribution < 1.29 is 30.0 Å². The Hall–Kier alpha value is 0.0700. The number of thioether (sulfide) groups is 1. The maximum atomic E-state index is 12.6. The Morgan fingerprint density at radius 3 is 2.30 bits per heavy atom. The van der Waals surface area contributed by atoms with E-state index in [0.717, 1.165) is 19.3 Å². The quantitative estimate of drug-likeness (QED) is 0.437. The lowest BCUT2D eigenvalue weighted by Gasteiger charge is -2.40. The van der Waals surface area contributed by atoms with Gasteiger partial charge in [0.1, 0.15) is 5.78 Å². The Balaban J connectivity index is 2.73. The number of halogens is 3. The Morgan fingerprint density at radius 1 is 1.17 bits per heavy atom. The first-order valence-corrected chi connectivity index (χ1v) is 12.1. The molecule has 0 N–H and O–H groups in total. The molecule has 10 heteroatoms. The summed E-state index contributed by atoms with van der Waals surface area (Å²) in [6.07, 6.45) is 3.87. The summed E-state index contributed by atoms with van der Waals surface area (Å²) < 4.78 is 65.1. The van der Waals surface area contributed by atoms with Crippen molar-refractivity contribution in [1.82, 2.24) is 0 Å². The monoisotopic (exact) mass is 396 g/mol. The number of Topliss-reactive ketones (excluding diaryl/α,β-unsaturated/α-hetero) is 1. The minimum Gasteiger partial charge on any atom is -0.299 e. The Labute approximate surface area is 141 Å². The van der Waals surface area contributed by atoms with Gasteiger partial charge in [-0.2, -0.15) is 33.4 Å². The fourth-order valence-corrected chi connectivity index (χ4v) is 9.57. The summed E-state index contributed by atoms with van der Waals surface area (Å²) >= 11 is 1.54. The summed E-state index contributed by atoms with van der Waals surface area (Å²) in [5.74, 6) is 1.09. The smallest absolute Gasteiger partial charge is 0.299 e. The summed E-state index contributed by atoms with van der Waals surface area (Å²) in [6, 6.07) is 0. The summed E-state index contributed by atoms with van der Waals surface area (Å²) in [4.78, 5) is 12.1.